The minimum Gasteiger partial charge on any atom is -0.504 e. The maximum absolute atomic E-state index is 13.1. The molecule has 0 bridgehead atoms. The minimum absolute atomic E-state index is 0.0299. The highest BCUT2D eigenvalue weighted by atomic mass is 32.1. The quantitative estimate of drug-likeness (QED) is 0.375. The zero-order valence-corrected chi connectivity index (χ0v) is 19.3. The number of phenols is 1. The first kappa shape index (κ1) is 21.0. The number of carbonyl (C=O) groups excluding carboxylic acids is 1. The molecule has 4 aromatic rings. The highest BCUT2D eigenvalue weighted by Crippen LogP contribution is 2.46. The van der Waals surface area contributed by atoms with E-state index in [0.717, 1.165) is 27.9 Å². The number of fused-ring (bicyclic) bond motifs is 3. The highest BCUT2D eigenvalue weighted by molar-refractivity contribution is 7.13. The van der Waals surface area contributed by atoms with Crippen LogP contribution in [0.4, 0.5) is 0 Å². The minimum atomic E-state index is -0.0299. The molecule has 0 spiro atoms. The van der Waals surface area contributed by atoms with Crippen molar-refractivity contribution < 1.29 is 28.8 Å². The van der Waals surface area contributed by atoms with Gasteiger partial charge < -0.3 is 28.6 Å². The van der Waals surface area contributed by atoms with Gasteiger partial charge in [-0.1, -0.05) is 6.07 Å². The van der Waals surface area contributed by atoms with E-state index in [1.54, 1.807) is 33.5 Å². The first-order valence-corrected chi connectivity index (χ1v) is 10.9. The molecule has 2 aromatic heterocycles. The molecule has 3 heterocycles. The van der Waals surface area contributed by atoms with E-state index < -0.39 is 0 Å². The molecule has 1 N–H and O–H groups in total. The summed E-state index contributed by atoms with van der Waals surface area (Å²) in [5, 5.41) is 12.2. The van der Waals surface area contributed by atoms with Crippen LogP contribution in [0.3, 0.4) is 0 Å². The van der Waals surface area contributed by atoms with Gasteiger partial charge >= 0.3 is 0 Å². The lowest BCUT2D eigenvalue weighted by Crippen LogP contribution is -1.95. The number of hydrogen-bond donors (Lipinski definition) is 1. The topological polar surface area (TPSA) is 79.2 Å². The number of rotatable bonds is 6. The molecule has 0 saturated heterocycles. The van der Waals surface area contributed by atoms with Crippen molar-refractivity contribution in [1.82, 2.24) is 4.57 Å². The Kier molecular flexibility index (Phi) is 5.02. The first-order chi connectivity index (χ1) is 16.0. The average Bonchev–Trinajstić information content (AvgIpc) is 3.52. The van der Waals surface area contributed by atoms with Gasteiger partial charge in [0.25, 0.3) is 0 Å². The fraction of sp³-hybridized carbons (Fsp3) is 0.160. The SMILES string of the molecule is COc1ccc(-c2csc3c2-n2cc(-c4cc(OC)c(OC)c(OC)c4)cc2C3=O)cc1O. The zero-order chi connectivity index (χ0) is 23.3. The molecule has 0 amide bonds. The molecule has 2 aromatic carbocycles. The summed E-state index contributed by atoms with van der Waals surface area (Å²) in [6.45, 7) is 0. The lowest BCUT2D eigenvalue weighted by molar-refractivity contribution is 0.104. The lowest BCUT2D eigenvalue weighted by atomic mass is 10.0. The third-order valence-corrected chi connectivity index (χ3v) is 6.72. The maximum Gasteiger partial charge on any atom is 0.221 e. The monoisotopic (exact) mass is 463 g/mol. The predicted octanol–water partition coefficient (Wildman–Crippen LogP) is 5.16. The number of thiophene rings is 1. The van der Waals surface area contributed by atoms with Crippen molar-refractivity contribution in [3.63, 3.8) is 0 Å². The van der Waals surface area contributed by atoms with E-state index in [4.69, 9.17) is 18.9 Å². The van der Waals surface area contributed by atoms with Crippen molar-refractivity contribution in [2.75, 3.05) is 28.4 Å². The van der Waals surface area contributed by atoms with Gasteiger partial charge in [-0.25, -0.2) is 0 Å². The molecule has 1 aliphatic heterocycles. The Balaban J connectivity index is 1.63. The van der Waals surface area contributed by atoms with E-state index in [-0.39, 0.29) is 11.5 Å². The van der Waals surface area contributed by atoms with Gasteiger partial charge in [0.15, 0.2) is 23.0 Å². The van der Waals surface area contributed by atoms with Gasteiger partial charge in [0, 0.05) is 22.7 Å². The van der Waals surface area contributed by atoms with Crippen molar-refractivity contribution in [3.05, 3.63) is 58.5 Å². The molecule has 1 aliphatic rings. The van der Waals surface area contributed by atoms with Crippen molar-refractivity contribution in [2.45, 2.75) is 0 Å². The summed E-state index contributed by atoms with van der Waals surface area (Å²) in [6, 6.07) is 10.8. The molecule has 0 radical (unpaired) electrons. The van der Waals surface area contributed by atoms with Crippen LogP contribution in [-0.2, 0) is 0 Å². The van der Waals surface area contributed by atoms with Crippen LogP contribution in [0.2, 0.25) is 0 Å². The van der Waals surface area contributed by atoms with Crippen LogP contribution in [0.25, 0.3) is 27.9 Å². The van der Waals surface area contributed by atoms with Gasteiger partial charge in [-0.15, -0.1) is 11.3 Å². The molecular weight excluding hydrogens is 442 g/mol. The molecule has 33 heavy (non-hydrogen) atoms. The molecule has 0 aliphatic carbocycles. The summed E-state index contributed by atoms with van der Waals surface area (Å²) in [4.78, 5) is 13.8. The van der Waals surface area contributed by atoms with E-state index in [2.05, 4.69) is 0 Å². The van der Waals surface area contributed by atoms with E-state index in [0.29, 0.717) is 33.6 Å². The van der Waals surface area contributed by atoms with Crippen molar-refractivity contribution in [3.8, 4) is 56.7 Å². The third-order valence-electron chi connectivity index (χ3n) is 5.75. The number of phenolic OH excluding ortho intramolecular Hbond substituents is 1. The number of aromatic nitrogens is 1. The number of carbonyl (C=O) groups is 1. The van der Waals surface area contributed by atoms with Gasteiger partial charge in [-0.3, -0.25) is 4.79 Å². The Morgan fingerprint density at radius 2 is 1.52 bits per heavy atom. The molecule has 5 rings (SSSR count). The third kappa shape index (κ3) is 3.14. The van der Waals surface area contributed by atoms with Gasteiger partial charge in [0.2, 0.25) is 11.5 Å². The Hall–Kier alpha value is -3.91. The molecule has 168 valence electrons. The molecule has 7 nitrogen and oxygen atoms in total. The second-order valence-electron chi connectivity index (χ2n) is 7.44. The largest absolute Gasteiger partial charge is 0.504 e. The van der Waals surface area contributed by atoms with Crippen LogP contribution in [0.1, 0.15) is 15.4 Å². The lowest BCUT2D eigenvalue weighted by Gasteiger charge is -2.13. The zero-order valence-electron chi connectivity index (χ0n) is 18.5. The standard InChI is InChI=1S/C25H21NO6S/c1-29-19-6-5-13(8-18(19)27)16-12-33-25-22(16)26-11-15(7-17(26)23(25)28)14-9-20(30-2)24(32-4)21(10-14)31-3/h5-12,27H,1-4H3. The highest BCUT2D eigenvalue weighted by Gasteiger charge is 2.32. The average molecular weight is 464 g/mol. The van der Waals surface area contributed by atoms with Crippen LogP contribution in [0.5, 0.6) is 28.7 Å². The Bertz CT molecular complexity index is 1380. The first-order valence-electron chi connectivity index (χ1n) is 10.1. The number of hydrogen-bond acceptors (Lipinski definition) is 7. The van der Waals surface area contributed by atoms with Gasteiger partial charge in [0.05, 0.1) is 39.8 Å². The normalized spacial score (nSPS) is 11.8. The van der Waals surface area contributed by atoms with Gasteiger partial charge in [-0.05, 0) is 41.5 Å². The summed E-state index contributed by atoms with van der Waals surface area (Å²) in [5.41, 5.74) is 4.74. The number of methoxy groups -OCH3 is 4. The molecule has 0 fully saturated rings. The van der Waals surface area contributed by atoms with E-state index in [1.165, 1.54) is 18.4 Å². The number of nitrogens with zero attached hydrogens (tertiary/aromatic N) is 1. The van der Waals surface area contributed by atoms with Gasteiger partial charge in [-0.2, -0.15) is 0 Å². The molecule has 0 atom stereocenters. The molecule has 0 saturated carbocycles. The Morgan fingerprint density at radius 1 is 0.818 bits per heavy atom. The molecule has 8 heteroatoms. The van der Waals surface area contributed by atoms with Crippen LogP contribution < -0.4 is 18.9 Å². The Morgan fingerprint density at radius 3 is 2.12 bits per heavy atom. The summed E-state index contributed by atoms with van der Waals surface area (Å²) in [5.74, 6) is 1.99. The van der Waals surface area contributed by atoms with E-state index >= 15 is 0 Å². The van der Waals surface area contributed by atoms with Gasteiger partial charge in [0.1, 0.15) is 4.88 Å². The molecule has 0 unspecified atom stereocenters. The number of ether oxygens (including phenoxy) is 4. The summed E-state index contributed by atoms with van der Waals surface area (Å²) in [7, 11) is 6.20. The Labute approximate surface area is 194 Å². The second-order valence-corrected chi connectivity index (χ2v) is 8.32. The fourth-order valence-corrected chi connectivity index (χ4v) is 5.17. The van der Waals surface area contributed by atoms with Crippen molar-refractivity contribution in [2.24, 2.45) is 0 Å². The maximum atomic E-state index is 13.1. The van der Waals surface area contributed by atoms with Crippen molar-refractivity contribution >= 4 is 17.1 Å². The summed E-state index contributed by atoms with van der Waals surface area (Å²) >= 11 is 1.40. The van der Waals surface area contributed by atoms with Crippen LogP contribution >= 0.6 is 11.3 Å². The van der Waals surface area contributed by atoms with Crippen LogP contribution in [0.15, 0.2) is 48.0 Å². The number of benzene rings is 2. The fourth-order valence-electron chi connectivity index (χ4n) is 4.16. The second kappa shape index (κ2) is 7.90. The smallest absolute Gasteiger partial charge is 0.221 e. The van der Waals surface area contributed by atoms with Crippen LogP contribution in [0, 0.1) is 0 Å². The molecular formula is C25H21NO6S. The number of ketones is 1. The number of aromatic hydroxyl groups is 1. The van der Waals surface area contributed by atoms with Crippen molar-refractivity contribution in [1.29, 1.82) is 0 Å². The van der Waals surface area contributed by atoms with E-state index in [9.17, 15) is 9.90 Å². The predicted molar refractivity (Wildman–Crippen MR) is 126 cm³/mol. The van der Waals surface area contributed by atoms with Crippen LogP contribution in [-0.4, -0.2) is 43.9 Å². The summed E-state index contributed by atoms with van der Waals surface area (Å²) in [6.07, 6.45) is 1.93. The van der Waals surface area contributed by atoms with E-state index in [1.807, 2.05) is 40.4 Å². The summed E-state index contributed by atoms with van der Waals surface area (Å²) < 4.78 is 23.4.